The van der Waals surface area contributed by atoms with Crippen LogP contribution in [0.5, 0.6) is 0 Å². The summed E-state index contributed by atoms with van der Waals surface area (Å²) >= 11 is 0. The molecule has 1 fully saturated rings. The summed E-state index contributed by atoms with van der Waals surface area (Å²) in [4.78, 5) is 27.6. The van der Waals surface area contributed by atoms with Crippen molar-refractivity contribution in [3.05, 3.63) is 18.2 Å². The molecule has 1 aliphatic heterocycles. The Morgan fingerprint density at radius 1 is 1.63 bits per heavy atom. The van der Waals surface area contributed by atoms with Crippen molar-refractivity contribution in [2.24, 2.45) is 0 Å². The number of carbonyl (C=O) groups is 2. The fourth-order valence-electron chi connectivity index (χ4n) is 2.41. The Bertz CT molecular complexity index is 481. The molecular formula is C13H19N3O3. The van der Waals surface area contributed by atoms with Gasteiger partial charge in [-0.15, -0.1) is 0 Å². The molecule has 6 heteroatoms. The number of carbonyl (C=O) groups excluding carboxylic acids is 2. The summed E-state index contributed by atoms with van der Waals surface area (Å²) in [6.07, 6.45) is 3.74. The van der Waals surface area contributed by atoms with Crippen molar-refractivity contribution in [2.75, 3.05) is 6.61 Å². The fraction of sp³-hybridized carbons (Fsp3) is 0.615. The highest BCUT2D eigenvalue weighted by atomic mass is 16.5. The van der Waals surface area contributed by atoms with Crippen LogP contribution in [0.25, 0.3) is 0 Å². The van der Waals surface area contributed by atoms with Crippen LogP contribution in [0.1, 0.15) is 44.8 Å². The van der Waals surface area contributed by atoms with Gasteiger partial charge in [-0.3, -0.25) is 4.79 Å². The second-order valence-corrected chi connectivity index (χ2v) is 4.93. The number of rotatable bonds is 4. The van der Waals surface area contributed by atoms with E-state index in [1.54, 1.807) is 19.4 Å². The molecule has 19 heavy (non-hydrogen) atoms. The van der Waals surface area contributed by atoms with Gasteiger partial charge < -0.3 is 14.6 Å². The first kappa shape index (κ1) is 13.6. The maximum atomic E-state index is 11.9. The van der Waals surface area contributed by atoms with Crippen LogP contribution in [0.3, 0.4) is 0 Å². The SMILES string of the molecule is CCOC(=O)C1NC(=O)CC1c1cncn1C(C)C. The molecule has 0 saturated carbocycles. The largest absolute Gasteiger partial charge is 0.464 e. The van der Waals surface area contributed by atoms with Crippen molar-refractivity contribution < 1.29 is 14.3 Å². The summed E-state index contributed by atoms with van der Waals surface area (Å²) in [5, 5.41) is 2.69. The summed E-state index contributed by atoms with van der Waals surface area (Å²) < 4.78 is 7.00. The van der Waals surface area contributed by atoms with Crippen LogP contribution >= 0.6 is 0 Å². The van der Waals surface area contributed by atoms with Gasteiger partial charge in [0.15, 0.2) is 0 Å². The van der Waals surface area contributed by atoms with E-state index in [0.717, 1.165) is 5.69 Å². The maximum Gasteiger partial charge on any atom is 0.329 e. The monoisotopic (exact) mass is 265 g/mol. The molecule has 1 aromatic rings. The number of esters is 1. The van der Waals surface area contributed by atoms with E-state index in [2.05, 4.69) is 10.3 Å². The second kappa shape index (κ2) is 5.42. The van der Waals surface area contributed by atoms with Gasteiger partial charge in [-0.25, -0.2) is 9.78 Å². The van der Waals surface area contributed by atoms with Crippen LogP contribution in [0.15, 0.2) is 12.5 Å². The van der Waals surface area contributed by atoms with Crippen molar-refractivity contribution >= 4 is 11.9 Å². The van der Waals surface area contributed by atoms with Crippen LogP contribution in [0, 0.1) is 0 Å². The van der Waals surface area contributed by atoms with Crippen LogP contribution in [0.2, 0.25) is 0 Å². The Balaban J connectivity index is 2.28. The summed E-state index contributed by atoms with van der Waals surface area (Å²) in [5.41, 5.74) is 0.895. The molecule has 2 unspecified atom stereocenters. The first-order valence-corrected chi connectivity index (χ1v) is 6.52. The van der Waals surface area contributed by atoms with Crippen molar-refractivity contribution in [2.45, 2.75) is 45.2 Å². The van der Waals surface area contributed by atoms with E-state index < -0.39 is 6.04 Å². The number of nitrogens with zero attached hydrogens (tertiary/aromatic N) is 2. The number of ether oxygens (including phenoxy) is 1. The van der Waals surface area contributed by atoms with E-state index in [9.17, 15) is 9.59 Å². The highest BCUT2D eigenvalue weighted by molar-refractivity contribution is 5.90. The van der Waals surface area contributed by atoms with E-state index in [4.69, 9.17) is 4.74 Å². The van der Waals surface area contributed by atoms with Gasteiger partial charge >= 0.3 is 5.97 Å². The number of hydrogen-bond acceptors (Lipinski definition) is 4. The van der Waals surface area contributed by atoms with Gasteiger partial charge in [0.1, 0.15) is 6.04 Å². The molecule has 0 spiro atoms. The third-order valence-corrected chi connectivity index (χ3v) is 3.30. The molecule has 1 saturated heterocycles. The molecule has 1 N–H and O–H groups in total. The van der Waals surface area contributed by atoms with Gasteiger partial charge in [-0.1, -0.05) is 0 Å². The number of aromatic nitrogens is 2. The van der Waals surface area contributed by atoms with Crippen LogP contribution in [-0.4, -0.2) is 34.1 Å². The zero-order chi connectivity index (χ0) is 14.0. The first-order chi connectivity index (χ1) is 9.04. The predicted molar refractivity (Wildman–Crippen MR) is 68.5 cm³/mol. The van der Waals surface area contributed by atoms with Gasteiger partial charge in [-0.05, 0) is 20.8 Å². The highest BCUT2D eigenvalue weighted by Gasteiger charge is 2.41. The van der Waals surface area contributed by atoms with Crippen molar-refractivity contribution in [1.82, 2.24) is 14.9 Å². The summed E-state index contributed by atoms with van der Waals surface area (Å²) in [6, 6.07) is -0.377. The van der Waals surface area contributed by atoms with Crippen molar-refractivity contribution in [3.63, 3.8) is 0 Å². The third kappa shape index (κ3) is 2.62. The lowest BCUT2D eigenvalue weighted by Gasteiger charge is -2.20. The predicted octanol–water partition coefficient (Wildman–Crippen LogP) is 0.999. The molecule has 104 valence electrons. The Morgan fingerprint density at radius 3 is 3.00 bits per heavy atom. The average molecular weight is 265 g/mol. The summed E-state index contributed by atoms with van der Waals surface area (Å²) in [6.45, 7) is 6.13. The molecule has 0 bridgehead atoms. The third-order valence-electron chi connectivity index (χ3n) is 3.30. The minimum absolute atomic E-state index is 0.125. The van der Waals surface area contributed by atoms with Gasteiger partial charge in [0.25, 0.3) is 0 Å². The van der Waals surface area contributed by atoms with E-state index in [-0.39, 0.29) is 23.8 Å². The minimum Gasteiger partial charge on any atom is -0.464 e. The zero-order valence-corrected chi connectivity index (χ0v) is 11.4. The Hall–Kier alpha value is -1.85. The topological polar surface area (TPSA) is 73.2 Å². The highest BCUT2D eigenvalue weighted by Crippen LogP contribution is 2.30. The zero-order valence-electron chi connectivity index (χ0n) is 11.4. The molecule has 1 aromatic heterocycles. The molecule has 2 rings (SSSR count). The standard InChI is InChI=1S/C13H19N3O3/c1-4-19-13(18)12-9(5-11(17)15-12)10-6-14-7-16(10)8(2)3/h6-9,12H,4-5H2,1-3H3,(H,15,17). The van der Waals surface area contributed by atoms with E-state index >= 15 is 0 Å². The van der Waals surface area contributed by atoms with E-state index in [0.29, 0.717) is 13.0 Å². The smallest absolute Gasteiger partial charge is 0.329 e. The molecule has 0 aliphatic carbocycles. The van der Waals surface area contributed by atoms with Gasteiger partial charge in [-0.2, -0.15) is 0 Å². The number of nitrogens with one attached hydrogen (secondary N) is 1. The molecular weight excluding hydrogens is 246 g/mol. The lowest BCUT2D eigenvalue weighted by atomic mass is 9.96. The van der Waals surface area contributed by atoms with Gasteiger partial charge in [0.05, 0.1) is 12.9 Å². The number of imidazole rings is 1. The maximum absolute atomic E-state index is 11.9. The summed E-state index contributed by atoms with van der Waals surface area (Å²) in [5.74, 6) is -0.717. The average Bonchev–Trinajstić information content (AvgIpc) is 2.94. The first-order valence-electron chi connectivity index (χ1n) is 6.52. The van der Waals surface area contributed by atoms with E-state index in [1.807, 2.05) is 18.4 Å². The quantitative estimate of drug-likeness (QED) is 0.824. The Kier molecular flexibility index (Phi) is 3.87. The van der Waals surface area contributed by atoms with Crippen molar-refractivity contribution in [1.29, 1.82) is 0 Å². The van der Waals surface area contributed by atoms with Crippen LogP contribution in [-0.2, 0) is 14.3 Å². The minimum atomic E-state index is -0.610. The lowest BCUT2D eigenvalue weighted by Crippen LogP contribution is -2.38. The van der Waals surface area contributed by atoms with Crippen molar-refractivity contribution in [3.8, 4) is 0 Å². The van der Waals surface area contributed by atoms with Gasteiger partial charge in [0, 0.05) is 30.3 Å². The molecule has 2 atom stereocenters. The van der Waals surface area contributed by atoms with E-state index in [1.165, 1.54) is 0 Å². The molecule has 2 heterocycles. The van der Waals surface area contributed by atoms with Crippen LogP contribution < -0.4 is 5.32 Å². The molecule has 1 aliphatic rings. The van der Waals surface area contributed by atoms with Crippen LogP contribution in [0.4, 0.5) is 0 Å². The lowest BCUT2D eigenvalue weighted by molar-refractivity contribution is -0.146. The Labute approximate surface area is 112 Å². The number of amides is 1. The fourth-order valence-corrected chi connectivity index (χ4v) is 2.41. The molecule has 6 nitrogen and oxygen atoms in total. The normalized spacial score (nSPS) is 22.6. The molecule has 0 radical (unpaired) electrons. The van der Waals surface area contributed by atoms with Gasteiger partial charge in [0.2, 0.25) is 5.91 Å². The molecule has 1 amide bonds. The number of hydrogen-bond donors (Lipinski definition) is 1. The summed E-state index contributed by atoms with van der Waals surface area (Å²) in [7, 11) is 0. The second-order valence-electron chi connectivity index (χ2n) is 4.93. The molecule has 0 aromatic carbocycles. The Morgan fingerprint density at radius 2 is 2.37 bits per heavy atom.